The molecular formula is C14H12BrClFNO. The van der Waals surface area contributed by atoms with E-state index in [0.717, 1.165) is 5.56 Å². The van der Waals surface area contributed by atoms with E-state index in [-0.39, 0.29) is 16.8 Å². The second kappa shape index (κ2) is 5.80. The lowest BCUT2D eigenvalue weighted by Crippen LogP contribution is -2.08. The first kappa shape index (κ1) is 14.2. The molecule has 0 saturated heterocycles. The van der Waals surface area contributed by atoms with Crippen LogP contribution in [-0.2, 0) is 0 Å². The highest BCUT2D eigenvalue weighted by atomic mass is 79.9. The lowest BCUT2D eigenvalue weighted by atomic mass is 10.1. The molecule has 5 heteroatoms. The fraction of sp³-hybridized carbons (Fsp3) is 0.143. The number of hydrogen-bond acceptors (Lipinski definition) is 2. The molecule has 1 unspecified atom stereocenters. The molecular weight excluding hydrogens is 333 g/mol. The average Bonchev–Trinajstić information content (AvgIpc) is 2.34. The molecule has 0 heterocycles. The summed E-state index contributed by atoms with van der Waals surface area (Å²) in [5, 5.41) is 13.2. The number of nitrogens with one attached hydrogen (secondary N) is 1. The largest absolute Gasteiger partial charge is 0.508 e. The normalized spacial score (nSPS) is 12.2. The van der Waals surface area contributed by atoms with Gasteiger partial charge in [-0.25, -0.2) is 4.39 Å². The molecule has 2 aromatic rings. The van der Waals surface area contributed by atoms with Crippen LogP contribution in [-0.4, -0.2) is 5.11 Å². The Bertz CT molecular complexity index is 583. The molecule has 0 spiro atoms. The van der Waals surface area contributed by atoms with Crippen LogP contribution >= 0.6 is 27.5 Å². The molecule has 19 heavy (non-hydrogen) atoms. The lowest BCUT2D eigenvalue weighted by Gasteiger charge is -2.19. The SMILES string of the molecule is CC(Nc1c(Cl)cc(F)cc1Br)c1ccccc1O. The van der Waals surface area contributed by atoms with E-state index in [9.17, 15) is 9.50 Å². The van der Waals surface area contributed by atoms with Crippen molar-refractivity contribution in [2.24, 2.45) is 0 Å². The van der Waals surface area contributed by atoms with Crippen LogP contribution in [0.1, 0.15) is 18.5 Å². The quantitative estimate of drug-likeness (QED) is 0.810. The highest BCUT2D eigenvalue weighted by molar-refractivity contribution is 9.10. The molecule has 100 valence electrons. The third-order valence-electron chi connectivity index (χ3n) is 2.77. The van der Waals surface area contributed by atoms with E-state index in [4.69, 9.17) is 11.6 Å². The van der Waals surface area contributed by atoms with E-state index in [1.54, 1.807) is 12.1 Å². The van der Waals surface area contributed by atoms with E-state index in [1.165, 1.54) is 12.1 Å². The lowest BCUT2D eigenvalue weighted by molar-refractivity contribution is 0.465. The third kappa shape index (κ3) is 3.19. The molecule has 0 aromatic heterocycles. The smallest absolute Gasteiger partial charge is 0.125 e. The minimum atomic E-state index is -0.405. The van der Waals surface area contributed by atoms with Gasteiger partial charge in [0.25, 0.3) is 0 Å². The number of hydrogen-bond donors (Lipinski definition) is 2. The van der Waals surface area contributed by atoms with Crippen LogP contribution in [0.5, 0.6) is 5.75 Å². The zero-order chi connectivity index (χ0) is 14.0. The Hall–Kier alpha value is -1.26. The van der Waals surface area contributed by atoms with Gasteiger partial charge in [-0.15, -0.1) is 0 Å². The molecule has 0 bridgehead atoms. The number of aromatic hydroxyl groups is 1. The zero-order valence-electron chi connectivity index (χ0n) is 10.1. The molecule has 0 aliphatic rings. The summed E-state index contributed by atoms with van der Waals surface area (Å²) in [6.07, 6.45) is 0. The van der Waals surface area contributed by atoms with Crippen molar-refractivity contribution in [1.82, 2.24) is 0 Å². The first-order valence-corrected chi connectivity index (χ1v) is 6.85. The molecule has 2 aromatic carbocycles. The predicted octanol–water partition coefficient (Wildman–Crippen LogP) is 5.12. The molecule has 0 aliphatic heterocycles. The van der Waals surface area contributed by atoms with Gasteiger partial charge < -0.3 is 10.4 Å². The molecule has 2 rings (SSSR count). The van der Waals surface area contributed by atoms with Crippen LogP contribution in [0.3, 0.4) is 0 Å². The number of halogens is 3. The average molecular weight is 345 g/mol. The summed E-state index contributed by atoms with van der Waals surface area (Å²) in [5.74, 6) is -0.200. The highest BCUT2D eigenvalue weighted by Crippen LogP contribution is 2.35. The number of anilines is 1. The van der Waals surface area contributed by atoms with Gasteiger partial charge in [-0.2, -0.15) is 0 Å². The van der Waals surface area contributed by atoms with Crippen molar-refractivity contribution in [3.8, 4) is 5.75 Å². The van der Waals surface area contributed by atoms with Gasteiger partial charge in [0.1, 0.15) is 11.6 Å². The monoisotopic (exact) mass is 343 g/mol. The van der Waals surface area contributed by atoms with Crippen molar-refractivity contribution in [3.05, 3.63) is 57.3 Å². The van der Waals surface area contributed by atoms with Gasteiger partial charge in [0.05, 0.1) is 16.8 Å². The molecule has 0 radical (unpaired) electrons. The second-order valence-electron chi connectivity index (χ2n) is 4.17. The first-order valence-electron chi connectivity index (χ1n) is 5.68. The van der Waals surface area contributed by atoms with Crippen LogP contribution in [0.15, 0.2) is 40.9 Å². The summed E-state index contributed by atoms with van der Waals surface area (Å²) in [4.78, 5) is 0. The van der Waals surface area contributed by atoms with Crippen molar-refractivity contribution in [2.75, 3.05) is 5.32 Å². The maximum atomic E-state index is 13.2. The van der Waals surface area contributed by atoms with E-state index in [0.29, 0.717) is 10.2 Å². The molecule has 2 N–H and O–H groups in total. The maximum absolute atomic E-state index is 13.2. The Morgan fingerprint density at radius 1 is 1.32 bits per heavy atom. The van der Waals surface area contributed by atoms with E-state index >= 15 is 0 Å². The fourth-order valence-electron chi connectivity index (χ4n) is 1.83. The van der Waals surface area contributed by atoms with Crippen molar-refractivity contribution < 1.29 is 9.50 Å². The second-order valence-corrected chi connectivity index (χ2v) is 5.43. The van der Waals surface area contributed by atoms with Crippen LogP contribution in [0.4, 0.5) is 10.1 Å². The standard InChI is InChI=1S/C14H12BrClFNO/c1-8(10-4-2-3-5-13(10)19)18-14-11(15)6-9(17)7-12(14)16/h2-8,18-19H,1H3. The van der Waals surface area contributed by atoms with Crippen molar-refractivity contribution >= 4 is 33.2 Å². The summed E-state index contributed by atoms with van der Waals surface area (Å²) in [7, 11) is 0. The first-order chi connectivity index (χ1) is 8.99. The van der Waals surface area contributed by atoms with Crippen molar-refractivity contribution in [1.29, 1.82) is 0 Å². The summed E-state index contributed by atoms with van der Waals surface area (Å²) in [5.41, 5.74) is 1.34. The van der Waals surface area contributed by atoms with Gasteiger partial charge in [0.2, 0.25) is 0 Å². The third-order valence-corrected chi connectivity index (χ3v) is 3.69. The summed E-state index contributed by atoms with van der Waals surface area (Å²) < 4.78 is 13.7. The Balaban J connectivity index is 2.29. The maximum Gasteiger partial charge on any atom is 0.125 e. The minimum absolute atomic E-state index is 0.166. The van der Waals surface area contributed by atoms with Crippen LogP contribution in [0.25, 0.3) is 0 Å². The number of phenols is 1. The number of benzene rings is 2. The van der Waals surface area contributed by atoms with Gasteiger partial charge in [0.15, 0.2) is 0 Å². The molecule has 0 saturated carbocycles. The zero-order valence-corrected chi connectivity index (χ0v) is 12.5. The van der Waals surface area contributed by atoms with Gasteiger partial charge in [0, 0.05) is 10.0 Å². The predicted molar refractivity (Wildman–Crippen MR) is 79.3 cm³/mol. The van der Waals surface area contributed by atoms with Gasteiger partial charge in [-0.1, -0.05) is 29.8 Å². The van der Waals surface area contributed by atoms with Crippen LogP contribution < -0.4 is 5.32 Å². The number of phenolic OH excluding ortho intramolecular Hbond substituents is 1. The van der Waals surface area contributed by atoms with Crippen molar-refractivity contribution in [3.63, 3.8) is 0 Å². The Morgan fingerprint density at radius 3 is 2.63 bits per heavy atom. The fourth-order valence-corrected chi connectivity index (χ4v) is 2.75. The topological polar surface area (TPSA) is 32.3 Å². The summed E-state index contributed by atoms with van der Waals surface area (Å²) in [6.45, 7) is 1.89. The van der Waals surface area contributed by atoms with Crippen LogP contribution in [0.2, 0.25) is 5.02 Å². The Labute approximate surface area is 124 Å². The highest BCUT2D eigenvalue weighted by Gasteiger charge is 2.14. The molecule has 2 nitrogen and oxygen atoms in total. The van der Waals surface area contributed by atoms with E-state index in [2.05, 4.69) is 21.2 Å². The van der Waals surface area contributed by atoms with E-state index in [1.807, 2.05) is 19.1 Å². The molecule has 0 aliphatic carbocycles. The molecule has 0 amide bonds. The van der Waals surface area contributed by atoms with E-state index < -0.39 is 5.82 Å². The number of para-hydroxylation sites is 1. The minimum Gasteiger partial charge on any atom is -0.508 e. The number of rotatable bonds is 3. The molecule has 1 atom stereocenters. The molecule has 0 fully saturated rings. The summed E-state index contributed by atoms with van der Waals surface area (Å²) >= 11 is 9.28. The van der Waals surface area contributed by atoms with Crippen LogP contribution in [0, 0.1) is 5.82 Å². The van der Waals surface area contributed by atoms with Gasteiger partial charge in [-0.05, 0) is 41.1 Å². The van der Waals surface area contributed by atoms with Crippen molar-refractivity contribution in [2.45, 2.75) is 13.0 Å². The van der Waals surface area contributed by atoms with Gasteiger partial charge in [-0.3, -0.25) is 0 Å². The Morgan fingerprint density at radius 2 is 2.00 bits per heavy atom. The summed E-state index contributed by atoms with van der Waals surface area (Å²) in [6, 6.07) is 9.45. The Kier molecular flexibility index (Phi) is 4.32. The van der Waals surface area contributed by atoms with Gasteiger partial charge >= 0.3 is 0 Å².